The van der Waals surface area contributed by atoms with Crippen molar-refractivity contribution in [3.63, 3.8) is 0 Å². The number of rotatable bonds is 5. The molecule has 0 N–H and O–H groups in total. The second kappa shape index (κ2) is 7.00. The Morgan fingerprint density at radius 3 is 2.62 bits per heavy atom. The van der Waals surface area contributed by atoms with Crippen molar-refractivity contribution >= 4 is 17.0 Å². The summed E-state index contributed by atoms with van der Waals surface area (Å²) in [7, 11) is 0. The van der Waals surface area contributed by atoms with Crippen LogP contribution in [0.25, 0.3) is 10.6 Å². The third kappa shape index (κ3) is 3.60. The molecule has 1 aliphatic rings. The number of hydrogen-bond acceptors (Lipinski definition) is 5. The molecule has 0 bridgehead atoms. The zero-order chi connectivity index (χ0) is 14.5. The first kappa shape index (κ1) is 14.5. The van der Waals surface area contributed by atoms with Gasteiger partial charge in [-0.3, -0.25) is 0 Å². The van der Waals surface area contributed by atoms with E-state index < -0.39 is 0 Å². The number of anilines is 1. The van der Waals surface area contributed by atoms with E-state index in [1.807, 2.05) is 0 Å². The molecule has 21 heavy (non-hydrogen) atoms. The Morgan fingerprint density at radius 2 is 2.00 bits per heavy atom. The summed E-state index contributed by atoms with van der Waals surface area (Å²) in [6.07, 6.45) is 3.80. The van der Waals surface area contributed by atoms with Crippen LogP contribution in [-0.2, 0) is 4.74 Å². The summed E-state index contributed by atoms with van der Waals surface area (Å²) in [6, 6.07) is 8.64. The van der Waals surface area contributed by atoms with Gasteiger partial charge in [-0.25, -0.2) is 0 Å². The van der Waals surface area contributed by atoms with E-state index in [0.717, 1.165) is 49.5 Å². The summed E-state index contributed by atoms with van der Waals surface area (Å²) in [5.74, 6) is 0. The van der Waals surface area contributed by atoms with Crippen LogP contribution in [-0.4, -0.2) is 36.0 Å². The van der Waals surface area contributed by atoms with Crippen LogP contribution in [0.2, 0.25) is 0 Å². The molecular weight excluding hydrogens is 282 g/mol. The SMILES string of the molecule is CCCOC1CCN(c2ccc(-c3nncs3)cc2)CC1. The number of aromatic nitrogens is 2. The fourth-order valence-corrected chi connectivity index (χ4v) is 3.24. The zero-order valence-corrected chi connectivity index (χ0v) is 13.2. The number of hydrogen-bond donors (Lipinski definition) is 0. The average Bonchev–Trinajstić information content (AvgIpc) is 3.08. The molecule has 2 aromatic rings. The van der Waals surface area contributed by atoms with Crippen LogP contribution in [0, 0.1) is 0 Å². The Balaban J connectivity index is 1.58. The summed E-state index contributed by atoms with van der Waals surface area (Å²) >= 11 is 1.57. The molecule has 1 aromatic heterocycles. The lowest BCUT2D eigenvalue weighted by Gasteiger charge is -2.33. The van der Waals surface area contributed by atoms with Crippen LogP contribution in [0.3, 0.4) is 0 Å². The fourth-order valence-electron chi connectivity index (χ4n) is 2.68. The highest BCUT2D eigenvalue weighted by molar-refractivity contribution is 7.12. The average molecular weight is 303 g/mol. The molecule has 0 radical (unpaired) electrons. The second-order valence-corrected chi connectivity index (χ2v) is 6.18. The molecule has 1 saturated heterocycles. The van der Waals surface area contributed by atoms with Gasteiger partial charge in [-0.1, -0.05) is 18.3 Å². The van der Waals surface area contributed by atoms with Crippen LogP contribution < -0.4 is 4.90 Å². The van der Waals surface area contributed by atoms with E-state index in [4.69, 9.17) is 4.74 Å². The highest BCUT2D eigenvalue weighted by atomic mass is 32.1. The zero-order valence-electron chi connectivity index (χ0n) is 12.4. The normalized spacial score (nSPS) is 16.3. The van der Waals surface area contributed by atoms with Gasteiger partial charge in [0.25, 0.3) is 0 Å². The Hall–Kier alpha value is -1.46. The van der Waals surface area contributed by atoms with Crippen molar-refractivity contribution in [1.82, 2.24) is 10.2 Å². The second-order valence-electron chi connectivity index (χ2n) is 5.35. The molecule has 112 valence electrons. The van der Waals surface area contributed by atoms with Gasteiger partial charge in [0.1, 0.15) is 10.5 Å². The number of ether oxygens (including phenoxy) is 1. The van der Waals surface area contributed by atoms with Crippen molar-refractivity contribution in [1.29, 1.82) is 0 Å². The summed E-state index contributed by atoms with van der Waals surface area (Å²) < 4.78 is 5.84. The van der Waals surface area contributed by atoms with Gasteiger partial charge >= 0.3 is 0 Å². The molecule has 0 aliphatic carbocycles. The van der Waals surface area contributed by atoms with E-state index in [9.17, 15) is 0 Å². The van der Waals surface area contributed by atoms with Crippen LogP contribution in [0.5, 0.6) is 0 Å². The molecule has 1 aliphatic heterocycles. The molecule has 0 unspecified atom stereocenters. The molecule has 0 saturated carbocycles. The Bertz CT molecular complexity index is 533. The molecule has 4 nitrogen and oxygen atoms in total. The quantitative estimate of drug-likeness (QED) is 0.846. The van der Waals surface area contributed by atoms with Crippen molar-refractivity contribution in [2.24, 2.45) is 0 Å². The van der Waals surface area contributed by atoms with Gasteiger partial charge in [-0.2, -0.15) is 0 Å². The predicted molar refractivity (Wildman–Crippen MR) is 86.8 cm³/mol. The molecule has 3 rings (SSSR count). The number of nitrogens with zero attached hydrogens (tertiary/aromatic N) is 3. The molecular formula is C16H21N3OS. The maximum absolute atomic E-state index is 5.84. The lowest BCUT2D eigenvalue weighted by molar-refractivity contribution is 0.0375. The molecule has 1 aromatic carbocycles. The van der Waals surface area contributed by atoms with Crippen LogP contribution in [0.15, 0.2) is 29.8 Å². The molecule has 5 heteroatoms. The maximum Gasteiger partial charge on any atom is 0.147 e. The Morgan fingerprint density at radius 1 is 1.24 bits per heavy atom. The lowest BCUT2D eigenvalue weighted by atomic mass is 10.1. The van der Waals surface area contributed by atoms with Crippen LogP contribution in [0.1, 0.15) is 26.2 Å². The predicted octanol–water partition coefficient (Wildman–Crippen LogP) is 3.60. The molecule has 0 amide bonds. The number of piperidine rings is 1. The summed E-state index contributed by atoms with van der Waals surface area (Å²) in [4.78, 5) is 2.44. The molecule has 2 heterocycles. The van der Waals surface area contributed by atoms with Gasteiger partial charge in [0.15, 0.2) is 0 Å². The van der Waals surface area contributed by atoms with Crippen molar-refractivity contribution in [3.8, 4) is 10.6 Å². The summed E-state index contributed by atoms with van der Waals surface area (Å²) in [6.45, 7) is 5.20. The first-order chi connectivity index (χ1) is 10.4. The van der Waals surface area contributed by atoms with Gasteiger partial charge in [0.2, 0.25) is 0 Å². The lowest BCUT2D eigenvalue weighted by Crippen LogP contribution is -2.37. The van der Waals surface area contributed by atoms with E-state index in [1.165, 1.54) is 5.69 Å². The third-order valence-electron chi connectivity index (χ3n) is 3.84. The fraction of sp³-hybridized carbons (Fsp3) is 0.500. The summed E-state index contributed by atoms with van der Waals surface area (Å²) in [5.41, 5.74) is 4.20. The van der Waals surface area contributed by atoms with Crippen molar-refractivity contribution in [3.05, 3.63) is 29.8 Å². The standard InChI is InChI=1S/C16H21N3OS/c1-2-11-20-15-7-9-19(10-8-15)14-5-3-13(4-6-14)16-18-17-12-21-16/h3-6,12,15H,2,7-11H2,1H3. The Kier molecular flexibility index (Phi) is 4.83. The molecule has 0 atom stereocenters. The van der Waals surface area contributed by atoms with Gasteiger partial charge < -0.3 is 9.64 Å². The van der Waals surface area contributed by atoms with Gasteiger partial charge in [-0.15, -0.1) is 10.2 Å². The van der Waals surface area contributed by atoms with Gasteiger partial charge in [0.05, 0.1) is 6.10 Å². The monoisotopic (exact) mass is 303 g/mol. The topological polar surface area (TPSA) is 38.2 Å². The Labute approximate surface area is 129 Å². The molecule has 0 spiro atoms. The first-order valence-corrected chi connectivity index (χ1v) is 8.48. The van der Waals surface area contributed by atoms with Gasteiger partial charge in [0, 0.05) is 30.9 Å². The van der Waals surface area contributed by atoms with Crippen LogP contribution in [0.4, 0.5) is 5.69 Å². The molecule has 1 fully saturated rings. The van der Waals surface area contributed by atoms with Gasteiger partial charge in [-0.05, 0) is 43.5 Å². The van der Waals surface area contributed by atoms with E-state index >= 15 is 0 Å². The first-order valence-electron chi connectivity index (χ1n) is 7.60. The highest BCUT2D eigenvalue weighted by Gasteiger charge is 2.19. The number of benzene rings is 1. The third-order valence-corrected chi connectivity index (χ3v) is 4.58. The van der Waals surface area contributed by atoms with E-state index in [2.05, 4.69) is 46.3 Å². The van der Waals surface area contributed by atoms with Crippen molar-refractivity contribution in [2.45, 2.75) is 32.3 Å². The minimum Gasteiger partial charge on any atom is -0.378 e. The van der Waals surface area contributed by atoms with Crippen LogP contribution >= 0.6 is 11.3 Å². The highest BCUT2D eigenvalue weighted by Crippen LogP contribution is 2.26. The van der Waals surface area contributed by atoms with E-state index in [1.54, 1.807) is 16.8 Å². The van der Waals surface area contributed by atoms with Crippen molar-refractivity contribution in [2.75, 3.05) is 24.6 Å². The van der Waals surface area contributed by atoms with Crippen molar-refractivity contribution < 1.29 is 4.74 Å². The smallest absolute Gasteiger partial charge is 0.147 e. The maximum atomic E-state index is 5.84. The minimum atomic E-state index is 0.446. The van der Waals surface area contributed by atoms with E-state index in [-0.39, 0.29) is 0 Å². The minimum absolute atomic E-state index is 0.446. The van der Waals surface area contributed by atoms with E-state index in [0.29, 0.717) is 6.10 Å². The summed E-state index contributed by atoms with van der Waals surface area (Å²) in [5, 5.41) is 8.97. The largest absolute Gasteiger partial charge is 0.378 e.